The average molecular weight is 483 g/mol. The third-order valence-electron chi connectivity index (χ3n) is 5.68. The fourth-order valence-corrected chi connectivity index (χ4v) is 5.17. The van der Waals surface area contributed by atoms with Gasteiger partial charge in [-0.1, -0.05) is 17.8 Å². The van der Waals surface area contributed by atoms with Gasteiger partial charge in [0.1, 0.15) is 12.2 Å². The molecule has 0 aromatic heterocycles. The van der Waals surface area contributed by atoms with E-state index < -0.39 is 5.60 Å². The Labute approximate surface area is 198 Å². The molecular formula is C23H31ClN2O5S. The van der Waals surface area contributed by atoms with E-state index >= 15 is 0 Å². The van der Waals surface area contributed by atoms with E-state index in [1.54, 1.807) is 17.9 Å². The molecule has 0 saturated carbocycles. The summed E-state index contributed by atoms with van der Waals surface area (Å²) >= 11 is 8.11. The van der Waals surface area contributed by atoms with Crippen LogP contribution in [-0.4, -0.2) is 70.6 Å². The molecule has 9 heteroatoms. The van der Waals surface area contributed by atoms with E-state index in [1.165, 1.54) is 11.8 Å². The number of halogens is 1. The predicted molar refractivity (Wildman–Crippen MR) is 125 cm³/mol. The molecule has 1 aromatic carbocycles. The van der Waals surface area contributed by atoms with Gasteiger partial charge in [0.05, 0.1) is 10.9 Å². The summed E-state index contributed by atoms with van der Waals surface area (Å²) in [7, 11) is 0. The second kappa shape index (κ2) is 10.0. The molecule has 3 rings (SSSR count). The number of ether oxygens (including phenoxy) is 2. The van der Waals surface area contributed by atoms with E-state index in [9.17, 15) is 14.4 Å². The third-order valence-corrected chi connectivity index (χ3v) is 7.01. The summed E-state index contributed by atoms with van der Waals surface area (Å²) in [5, 5.41) is -0.255. The van der Waals surface area contributed by atoms with Gasteiger partial charge in [-0.3, -0.25) is 9.69 Å². The maximum absolute atomic E-state index is 12.6. The zero-order valence-corrected chi connectivity index (χ0v) is 20.8. The molecular weight excluding hydrogens is 452 g/mol. The topological polar surface area (TPSA) is 76.2 Å². The van der Waals surface area contributed by atoms with Crippen LogP contribution < -0.4 is 0 Å². The highest BCUT2D eigenvalue weighted by Gasteiger charge is 2.34. The first-order valence-electron chi connectivity index (χ1n) is 10.7. The molecule has 2 heterocycles. The molecule has 1 fully saturated rings. The minimum absolute atomic E-state index is 0.0222. The molecule has 0 aliphatic carbocycles. The smallest absolute Gasteiger partial charge is 0.410 e. The van der Waals surface area contributed by atoms with E-state index in [4.69, 9.17) is 21.1 Å². The van der Waals surface area contributed by atoms with Crippen molar-refractivity contribution < 1.29 is 23.9 Å². The maximum atomic E-state index is 12.6. The lowest BCUT2D eigenvalue weighted by atomic mass is 9.96. The van der Waals surface area contributed by atoms with Crippen molar-refractivity contribution in [3.8, 4) is 0 Å². The van der Waals surface area contributed by atoms with E-state index in [0.29, 0.717) is 37.5 Å². The summed E-state index contributed by atoms with van der Waals surface area (Å²) in [6.45, 7) is 11.6. The lowest BCUT2D eigenvalue weighted by molar-refractivity contribution is -0.109. The Kier molecular flexibility index (Phi) is 7.78. The molecule has 2 unspecified atom stereocenters. The number of benzene rings is 1. The Morgan fingerprint density at radius 1 is 1.31 bits per heavy atom. The van der Waals surface area contributed by atoms with Gasteiger partial charge in [0, 0.05) is 50.5 Å². The zero-order valence-electron chi connectivity index (χ0n) is 19.3. The monoisotopic (exact) mass is 482 g/mol. The lowest BCUT2D eigenvalue weighted by Gasteiger charge is -2.42. The Morgan fingerprint density at radius 2 is 2.03 bits per heavy atom. The quantitative estimate of drug-likeness (QED) is 0.461. The molecule has 1 saturated heterocycles. The van der Waals surface area contributed by atoms with Gasteiger partial charge < -0.3 is 14.4 Å². The van der Waals surface area contributed by atoms with Crippen molar-refractivity contribution in [2.75, 3.05) is 31.9 Å². The van der Waals surface area contributed by atoms with Gasteiger partial charge in [-0.05, 0) is 44.9 Å². The number of nitrogens with zero attached hydrogens (tertiary/aromatic N) is 2. The molecule has 0 N–H and O–H groups in total. The number of esters is 1. The molecule has 2 aliphatic rings. The van der Waals surface area contributed by atoms with Crippen LogP contribution in [0, 0.1) is 6.92 Å². The van der Waals surface area contributed by atoms with Crippen LogP contribution in [0.2, 0.25) is 0 Å². The Hall–Kier alpha value is -1.77. The molecule has 1 aromatic rings. The Balaban J connectivity index is 1.72. The van der Waals surface area contributed by atoms with E-state index in [0.717, 1.165) is 16.7 Å². The largest absolute Gasteiger partial charge is 0.457 e. The Morgan fingerprint density at radius 3 is 2.69 bits per heavy atom. The summed E-state index contributed by atoms with van der Waals surface area (Å²) in [6, 6.07) is 3.66. The second-order valence-electron chi connectivity index (χ2n) is 9.23. The number of fused-ring (bicyclic) bond motifs is 1. The molecule has 7 nitrogen and oxygen atoms in total. The molecule has 32 heavy (non-hydrogen) atoms. The van der Waals surface area contributed by atoms with Crippen LogP contribution in [0.4, 0.5) is 4.79 Å². The average Bonchev–Trinajstić information content (AvgIpc) is 3.07. The second-order valence-corrected chi connectivity index (χ2v) is 11.0. The van der Waals surface area contributed by atoms with Crippen LogP contribution in [0.15, 0.2) is 12.1 Å². The van der Waals surface area contributed by atoms with Crippen LogP contribution in [-0.2, 0) is 20.9 Å². The minimum Gasteiger partial charge on any atom is -0.457 e. The summed E-state index contributed by atoms with van der Waals surface area (Å²) in [4.78, 5) is 39.9. The van der Waals surface area contributed by atoms with Crippen molar-refractivity contribution in [1.82, 2.24) is 9.80 Å². The summed E-state index contributed by atoms with van der Waals surface area (Å²) in [6.07, 6.45) is -0.337. The van der Waals surface area contributed by atoms with Crippen LogP contribution >= 0.6 is 23.4 Å². The number of rotatable bonds is 5. The molecule has 2 atom stereocenters. The van der Waals surface area contributed by atoms with Gasteiger partial charge in [0.2, 0.25) is 0 Å². The fourth-order valence-electron chi connectivity index (χ4n) is 4.01. The highest BCUT2D eigenvalue weighted by atomic mass is 35.5. The molecule has 2 aliphatic heterocycles. The number of hydrogen-bond acceptors (Lipinski definition) is 7. The number of hydrogen-bond donors (Lipinski definition) is 0. The number of piperazine rings is 1. The molecule has 0 radical (unpaired) electrons. The highest BCUT2D eigenvalue weighted by molar-refractivity contribution is 8.13. The number of thioether (sulfide) groups is 1. The number of amides is 1. The number of carbonyl (C=O) groups excluding carboxylic acids is 3. The van der Waals surface area contributed by atoms with Crippen molar-refractivity contribution in [2.24, 2.45) is 0 Å². The Bertz CT molecular complexity index is 901. The fraction of sp³-hybridized carbons (Fsp3) is 0.609. The zero-order chi connectivity index (χ0) is 23.6. The predicted octanol–water partition coefficient (Wildman–Crippen LogP) is 4.15. The minimum atomic E-state index is -0.560. The van der Waals surface area contributed by atoms with Crippen LogP contribution in [0.5, 0.6) is 0 Å². The normalized spacial score (nSPS) is 20.0. The van der Waals surface area contributed by atoms with Crippen molar-refractivity contribution in [2.45, 2.75) is 58.2 Å². The highest BCUT2D eigenvalue weighted by Crippen LogP contribution is 2.33. The maximum Gasteiger partial charge on any atom is 0.410 e. The van der Waals surface area contributed by atoms with Crippen LogP contribution in [0.25, 0.3) is 0 Å². The molecule has 1 amide bonds. The number of cyclic esters (lactones) is 1. The molecule has 176 valence electrons. The van der Waals surface area contributed by atoms with Crippen molar-refractivity contribution >= 4 is 40.5 Å². The molecule has 0 spiro atoms. The summed E-state index contributed by atoms with van der Waals surface area (Å²) in [5.41, 5.74) is 2.90. The summed E-state index contributed by atoms with van der Waals surface area (Å²) in [5.74, 6) is 0.282. The van der Waals surface area contributed by atoms with Crippen LogP contribution in [0.3, 0.4) is 0 Å². The first-order valence-corrected chi connectivity index (χ1v) is 12.2. The summed E-state index contributed by atoms with van der Waals surface area (Å²) < 4.78 is 10.7. The van der Waals surface area contributed by atoms with E-state index in [1.807, 2.05) is 33.8 Å². The van der Waals surface area contributed by atoms with Gasteiger partial charge in [-0.15, -0.1) is 11.6 Å². The standard InChI is InChI=1S/C23H31ClN2O5S/c1-14-17(6-7-18-19(14)12-30-21(18)28)20(24)11-25-8-9-26(22(29)31-23(3,4)5)10-16(25)13-32-15(2)27/h6-7,16,20H,8-13H2,1-5H3. The van der Waals surface area contributed by atoms with Gasteiger partial charge in [-0.2, -0.15) is 0 Å². The number of carbonyl (C=O) groups is 3. The first-order chi connectivity index (χ1) is 15.0. The van der Waals surface area contributed by atoms with E-state index in [-0.39, 0.29) is 35.2 Å². The van der Waals surface area contributed by atoms with Crippen LogP contribution in [0.1, 0.15) is 60.1 Å². The van der Waals surface area contributed by atoms with Gasteiger partial charge in [-0.25, -0.2) is 9.59 Å². The van der Waals surface area contributed by atoms with Crippen molar-refractivity contribution in [3.05, 3.63) is 34.4 Å². The van der Waals surface area contributed by atoms with Crippen molar-refractivity contribution in [1.29, 1.82) is 0 Å². The van der Waals surface area contributed by atoms with Crippen molar-refractivity contribution in [3.63, 3.8) is 0 Å². The van der Waals surface area contributed by atoms with Gasteiger partial charge >= 0.3 is 12.1 Å². The van der Waals surface area contributed by atoms with Gasteiger partial charge in [0.25, 0.3) is 0 Å². The van der Waals surface area contributed by atoms with Gasteiger partial charge in [0.15, 0.2) is 5.12 Å². The first kappa shape index (κ1) is 24.9. The lowest BCUT2D eigenvalue weighted by Crippen LogP contribution is -2.57. The molecule has 0 bridgehead atoms. The number of alkyl halides is 1. The SMILES string of the molecule is CC(=O)SCC1CN(C(=O)OC(C)(C)C)CCN1CC(Cl)c1ccc2c(c1C)COC2=O. The third kappa shape index (κ3) is 5.97. The van der Waals surface area contributed by atoms with E-state index in [2.05, 4.69) is 4.90 Å².